The summed E-state index contributed by atoms with van der Waals surface area (Å²) < 4.78 is 13.5. The molecule has 0 aliphatic rings. The molecule has 27 heavy (non-hydrogen) atoms. The Morgan fingerprint density at radius 1 is 0.963 bits per heavy atom. The van der Waals surface area contributed by atoms with Crippen LogP contribution in [0.1, 0.15) is 5.56 Å². The van der Waals surface area contributed by atoms with E-state index in [-0.39, 0.29) is 12.2 Å². The van der Waals surface area contributed by atoms with E-state index in [0.717, 1.165) is 16.3 Å². The summed E-state index contributed by atoms with van der Waals surface area (Å²) in [7, 11) is 1.80. The van der Waals surface area contributed by atoms with Crippen LogP contribution in [-0.4, -0.2) is 30.4 Å². The number of benzene rings is 3. The summed E-state index contributed by atoms with van der Waals surface area (Å²) in [5, 5.41) is 6.82. The third-order valence-corrected chi connectivity index (χ3v) is 4.05. The maximum Gasteiger partial charge on any atom is 0.326 e. The van der Waals surface area contributed by atoms with Gasteiger partial charge in [-0.3, -0.25) is 15.0 Å². The first kappa shape index (κ1) is 18.5. The first-order chi connectivity index (χ1) is 13.0. The van der Waals surface area contributed by atoms with E-state index >= 15 is 0 Å². The molecule has 0 unspecified atom stereocenters. The lowest BCUT2D eigenvalue weighted by molar-refractivity contribution is -0.120. The molecular formula is C21H20FN3O2. The topological polar surface area (TPSA) is 61.4 Å². The highest BCUT2D eigenvalue weighted by atomic mass is 19.1. The Hall–Kier alpha value is -3.25. The van der Waals surface area contributed by atoms with Crippen molar-refractivity contribution in [2.24, 2.45) is 0 Å². The quantitative estimate of drug-likeness (QED) is 0.724. The number of halogens is 1. The lowest BCUT2D eigenvalue weighted by Crippen LogP contribution is -2.40. The molecule has 0 aliphatic heterocycles. The van der Waals surface area contributed by atoms with Gasteiger partial charge in [0.05, 0.1) is 12.2 Å². The SMILES string of the molecule is CN(CC(=O)NC(=O)Nc1ccccc1F)Cc1ccc2ccccc2c1. The van der Waals surface area contributed by atoms with Gasteiger partial charge >= 0.3 is 6.03 Å². The predicted molar refractivity (Wildman–Crippen MR) is 104 cm³/mol. The van der Waals surface area contributed by atoms with Gasteiger partial charge < -0.3 is 5.32 Å². The number of imide groups is 1. The number of para-hydroxylation sites is 1. The van der Waals surface area contributed by atoms with Crippen molar-refractivity contribution < 1.29 is 14.0 Å². The lowest BCUT2D eigenvalue weighted by Gasteiger charge is -2.16. The number of amides is 3. The third kappa shape index (κ3) is 5.12. The van der Waals surface area contributed by atoms with E-state index in [9.17, 15) is 14.0 Å². The zero-order valence-electron chi connectivity index (χ0n) is 14.9. The molecule has 3 aromatic carbocycles. The number of carbonyl (C=O) groups excluding carboxylic acids is 2. The largest absolute Gasteiger partial charge is 0.326 e. The van der Waals surface area contributed by atoms with E-state index in [1.807, 2.05) is 36.4 Å². The Morgan fingerprint density at radius 3 is 2.44 bits per heavy atom. The first-order valence-corrected chi connectivity index (χ1v) is 8.53. The van der Waals surface area contributed by atoms with Gasteiger partial charge in [0.2, 0.25) is 5.91 Å². The fourth-order valence-corrected chi connectivity index (χ4v) is 2.83. The Bertz CT molecular complexity index is 974. The summed E-state index contributed by atoms with van der Waals surface area (Å²) in [6.07, 6.45) is 0. The Balaban J connectivity index is 1.52. The average molecular weight is 365 g/mol. The second-order valence-corrected chi connectivity index (χ2v) is 6.34. The van der Waals surface area contributed by atoms with Crippen LogP contribution in [0.25, 0.3) is 10.8 Å². The molecular weight excluding hydrogens is 345 g/mol. The summed E-state index contributed by atoms with van der Waals surface area (Å²) in [5.74, 6) is -1.03. The Labute approximate surface area is 156 Å². The molecule has 3 aromatic rings. The van der Waals surface area contributed by atoms with E-state index in [4.69, 9.17) is 0 Å². The van der Waals surface area contributed by atoms with Gasteiger partial charge in [0, 0.05) is 6.54 Å². The molecule has 0 heterocycles. The molecule has 0 fully saturated rings. The maximum atomic E-state index is 13.5. The number of rotatable bonds is 5. The molecule has 0 radical (unpaired) electrons. The van der Waals surface area contributed by atoms with Crippen molar-refractivity contribution in [3.8, 4) is 0 Å². The van der Waals surface area contributed by atoms with Gasteiger partial charge in [0.15, 0.2) is 0 Å². The van der Waals surface area contributed by atoms with E-state index in [0.29, 0.717) is 6.54 Å². The molecule has 3 rings (SSSR count). The molecule has 5 nitrogen and oxygen atoms in total. The summed E-state index contributed by atoms with van der Waals surface area (Å²) in [5.41, 5.74) is 1.09. The van der Waals surface area contributed by atoms with Crippen LogP contribution in [0.3, 0.4) is 0 Å². The van der Waals surface area contributed by atoms with Crippen molar-refractivity contribution in [2.75, 3.05) is 18.9 Å². The number of hydrogen-bond acceptors (Lipinski definition) is 3. The normalized spacial score (nSPS) is 10.8. The van der Waals surface area contributed by atoms with Crippen molar-refractivity contribution in [3.63, 3.8) is 0 Å². The lowest BCUT2D eigenvalue weighted by atomic mass is 10.1. The standard InChI is InChI=1S/C21H20FN3O2/c1-25(13-15-10-11-16-6-2-3-7-17(16)12-15)14-20(26)24-21(27)23-19-9-5-4-8-18(19)22/h2-12H,13-14H2,1H3,(H2,23,24,26,27). The molecule has 6 heteroatoms. The van der Waals surface area contributed by atoms with Gasteiger partial charge in [-0.1, -0.05) is 48.5 Å². The summed E-state index contributed by atoms with van der Waals surface area (Å²) in [6, 6.07) is 19.2. The number of likely N-dealkylation sites (N-methyl/N-ethyl adjacent to an activating group) is 1. The van der Waals surface area contributed by atoms with Gasteiger partial charge in [0.25, 0.3) is 0 Å². The zero-order chi connectivity index (χ0) is 19.2. The molecule has 0 aromatic heterocycles. The minimum absolute atomic E-state index is 0.0207. The van der Waals surface area contributed by atoms with Crippen LogP contribution in [0.15, 0.2) is 66.7 Å². The van der Waals surface area contributed by atoms with Gasteiger partial charge in [0.1, 0.15) is 5.82 Å². The summed E-state index contributed by atoms with van der Waals surface area (Å²) in [6.45, 7) is 0.602. The molecule has 0 aliphatic carbocycles. The first-order valence-electron chi connectivity index (χ1n) is 8.53. The number of fused-ring (bicyclic) bond motifs is 1. The van der Waals surface area contributed by atoms with Crippen LogP contribution in [0.5, 0.6) is 0 Å². The van der Waals surface area contributed by atoms with Crippen LogP contribution in [0.4, 0.5) is 14.9 Å². The summed E-state index contributed by atoms with van der Waals surface area (Å²) >= 11 is 0. The zero-order valence-corrected chi connectivity index (χ0v) is 14.9. The van der Waals surface area contributed by atoms with Crippen molar-refractivity contribution in [1.82, 2.24) is 10.2 Å². The van der Waals surface area contributed by atoms with E-state index in [2.05, 4.69) is 16.7 Å². The van der Waals surface area contributed by atoms with Gasteiger partial charge in [-0.05, 0) is 41.6 Å². The van der Waals surface area contributed by atoms with Crippen LogP contribution >= 0.6 is 0 Å². The summed E-state index contributed by atoms with van der Waals surface area (Å²) in [4.78, 5) is 25.7. The molecule has 138 valence electrons. The van der Waals surface area contributed by atoms with Crippen molar-refractivity contribution >= 4 is 28.4 Å². The fourth-order valence-electron chi connectivity index (χ4n) is 2.83. The molecule has 0 saturated carbocycles. The monoisotopic (exact) mass is 365 g/mol. The van der Waals surface area contributed by atoms with E-state index < -0.39 is 17.8 Å². The molecule has 0 spiro atoms. The fraction of sp³-hybridized carbons (Fsp3) is 0.143. The van der Waals surface area contributed by atoms with E-state index in [1.54, 1.807) is 18.0 Å². The number of nitrogens with zero attached hydrogens (tertiary/aromatic N) is 1. The minimum Gasteiger partial charge on any atom is -0.305 e. The molecule has 2 N–H and O–H groups in total. The highest BCUT2D eigenvalue weighted by Gasteiger charge is 2.12. The van der Waals surface area contributed by atoms with Crippen molar-refractivity contribution in [2.45, 2.75) is 6.54 Å². The highest BCUT2D eigenvalue weighted by molar-refractivity contribution is 6.01. The number of urea groups is 1. The van der Waals surface area contributed by atoms with Gasteiger partial charge in [-0.25, -0.2) is 9.18 Å². The predicted octanol–water partition coefficient (Wildman–Crippen LogP) is 3.76. The number of nitrogens with one attached hydrogen (secondary N) is 2. The van der Waals surface area contributed by atoms with Gasteiger partial charge in [-0.2, -0.15) is 0 Å². The average Bonchev–Trinajstić information content (AvgIpc) is 2.63. The second kappa shape index (κ2) is 8.42. The molecule has 3 amide bonds. The second-order valence-electron chi connectivity index (χ2n) is 6.34. The highest BCUT2D eigenvalue weighted by Crippen LogP contribution is 2.16. The number of hydrogen-bond donors (Lipinski definition) is 2. The smallest absolute Gasteiger partial charge is 0.305 e. The Kier molecular flexibility index (Phi) is 5.78. The van der Waals surface area contributed by atoms with Crippen molar-refractivity contribution in [1.29, 1.82) is 0 Å². The minimum atomic E-state index is -0.760. The molecule has 0 saturated heterocycles. The van der Waals surface area contributed by atoms with Gasteiger partial charge in [-0.15, -0.1) is 0 Å². The van der Waals surface area contributed by atoms with Crippen LogP contribution in [0.2, 0.25) is 0 Å². The number of anilines is 1. The third-order valence-electron chi connectivity index (χ3n) is 4.05. The molecule has 0 bridgehead atoms. The van der Waals surface area contributed by atoms with Crippen molar-refractivity contribution in [3.05, 3.63) is 78.1 Å². The Morgan fingerprint density at radius 2 is 1.67 bits per heavy atom. The van der Waals surface area contributed by atoms with Crippen LogP contribution < -0.4 is 10.6 Å². The maximum absolute atomic E-state index is 13.5. The van der Waals surface area contributed by atoms with E-state index in [1.165, 1.54) is 18.2 Å². The van der Waals surface area contributed by atoms with Crippen LogP contribution in [0, 0.1) is 5.82 Å². The number of carbonyl (C=O) groups is 2. The molecule has 0 atom stereocenters. The van der Waals surface area contributed by atoms with Crippen LogP contribution in [-0.2, 0) is 11.3 Å².